The van der Waals surface area contributed by atoms with Gasteiger partial charge in [0.2, 0.25) is 9.05 Å². The molecule has 1 unspecified atom stereocenters. The number of hydrogen-bond donors (Lipinski definition) is 0. The molecule has 0 amide bonds. The van der Waals surface area contributed by atoms with E-state index in [-0.39, 0.29) is 5.75 Å². The van der Waals surface area contributed by atoms with Gasteiger partial charge in [0, 0.05) is 15.9 Å². The van der Waals surface area contributed by atoms with Crippen molar-refractivity contribution in [2.75, 3.05) is 11.5 Å². The van der Waals surface area contributed by atoms with Crippen molar-refractivity contribution in [2.45, 2.75) is 24.5 Å². The molecule has 1 aliphatic heterocycles. The molecule has 1 heterocycles. The Labute approximate surface area is 88.2 Å². The van der Waals surface area contributed by atoms with E-state index in [1.807, 2.05) is 11.8 Å². The third kappa shape index (κ3) is 4.93. The van der Waals surface area contributed by atoms with Gasteiger partial charge in [-0.05, 0) is 25.0 Å². The van der Waals surface area contributed by atoms with Crippen molar-refractivity contribution in [1.82, 2.24) is 0 Å². The van der Waals surface area contributed by atoms with Crippen LogP contribution in [-0.2, 0) is 9.05 Å². The summed E-state index contributed by atoms with van der Waals surface area (Å²) in [5, 5.41) is 0.561. The molecule has 5 heteroatoms. The number of halogens is 1. The Morgan fingerprint density at radius 3 is 2.77 bits per heavy atom. The lowest BCUT2D eigenvalue weighted by Crippen LogP contribution is -2.05. The molecular formula is C8H13ClO2S2. The highest BCUT2D eigenvalue weighted by Crippen LogP contribution is 2.30. The van der Waals surface area contributed by atoms with E-state index in [9.17, 15) is 8.42 Å². The Hall–Kier alpha value is 0.330. The van der Waals surface area contributed by atoms with Crippen molar-refractivity contribution in [3.05, 3.63) is 12.2 Å². The predicted octanol–water partition coefficient (Wildman–Crippen LogP) is 2.40. The summed E-state index contributed by atoms with van der Waals surface area (Å²) < 4.78 is 21.4. The molecule has 1 aliphatic rings. The van der Waals surface area contributed by atoms with Crippen molar-refractivity contribution in [3.63, 3.8) is 0 Å². The number of thioether (sulfide) groups is 1. The maximum Gasteiger partial charge on any atom is 0.236 e. The van der Waals surface area contributed by atoms with Gasteiger partial charge in [-0.3, -0.25) is 0 Å². The van der Waals surface area contributed by atoms with Gasteiger partial charge in [0.05, 0.1) is 5.75 Å². The molecule has 13 heavy (non-hydrogen) atoms. The van der Waals surface area contributed by atoms with Crippen LogP contribution in [0.25, 0.3) is 0 Å². The molecule has 2 nitrogen and oxygen atoms in total. The van der Waals surface area contributed by atoms with Gasteiger partial charge in [0.1, 0.15) is 0 Å². The lowest BCUT2D eigenvalue weighted by Gasteiger charge is -2.08. The lowest BCUT2D eigenvalue weighted by molar-refractivity contribution is 0.610. The van der Waals surface area contributed by atoms with E-state index in [4.69, 9.17) is 10.7 Å². The molecule has 0 aromatic rings. The molecule has 0 aromatic carbocycles. The van der Waals surface area contributed by atoms with Gasteiger partial charge in [-0.2, -0.15) is 11.8 Å². The zero-order valence-corrected chi connectivity index (χ0v) is 9.72. The summed E-state index contributed by atoms with van der Waals surface area (Å²) in [5.74, 6) is 1.11. The van der Waals surface area contributed by atoms with Crippen molar-refractivity contribution >= 4 is 31.5 Å². The van der Waals surface area contributed by atoms with Gasteiger partial charge in [-0.25, -0.2) is 8.42 Å². The molecule has 0 spiro atoms. The van der Waals surface area contributed by atoms with Crippen molar-refractivity contribution < 1.29 is 8.42 Å². The molecular weight excluding hydrogens is 228 g/mol. The van der Waals surface area contributed by atoms with Crippen LogP contribution >= 0.6 is 22.4 Å². The van der Waals surface area contributed by atoms with Gasteiger partial charge in [-0.1, -0.05) is 12.2 Å². The Kier molecular flexibility index (Phi) is 4.13. The molecule has 0 aliphatic carbocycles. The first-order valence-electron chi connectivity index (χ1n) is 4.18. The zero-order chi connectivity index (χ0) is 9.90. The van der Waals surface area contributed by atoms with Crippen molar-refractivity contribution in [1.29, 1.82) is 0 Å². The second-order valence-corrected chi connectivity index (χ2v) is 7.46. The van der Waals surface area contributed by atoms with Gasteiger partial charge >= 0.3 is 0 Å². The minimum atomic E-state index is -3.40. The van der Waals surface area contributed by atoms with E-state index in [0.29, 0.717) is 5.25 Å². The molecule has 0 N–H and O–H groups in total. The molecule has 0 bridgehead atoms. The Morgan fingerprint density at radius 2 is 2.31 bits per heavy atom. The highest BCUT2D eigenvalue weighted by Gasteiger charge is 2.18. The second-order valence-electron chi connectivity index (χ2n) is 3.27. The van der Waals surface area contributed by atoms with Crippen LogP contribution in [0.4, 0.5) is 0 Å². The molecule has 0 saturated carbocycles. The molecule has 1 saturated heterocycles. The fourth-order valence-electron chi connectivity index (χ4n) is 1.43. The highest BCUT2D eigenvalue weighted by molar-refractivity contribution is 8.13. The highest BCUT2D eigenvalue weighted by atomic mass is 35.7. The van der Waals surface area contributed by atoms with Crippen molar-refractivity contribution in [2.24, 2.45) is 0 Å². The van der Waals surface area contributed by atoms with E-state index in [1.54, 1.807) is 0 Å². The van der Waals surface area contributed by atoms with Gasteiger partial charge in [-0.15, -0.1) is 0 Å². The maximum atomic E-state index is 10.7. The number of hydrogen-bond acceptors (Lipinski definition) is 3. The third-order valence-corrected chi connectivity index (χ3v) is 4.40. The van der Waals surface area contributed by atoms with E-state index >= 15 is 0 Å². The molecule has 0 radical (unpaired) electrons. The van der Waals surface area contributed by atoms with Crippen LogP contribution in [0, 0.1) is 0 Å². The Bertz CT molecular complexity index is 279. The quantitative estimate of drug-likeness (QED) is 0.559. The van der Waals surface area contributed by atoms with Gasteiger partial charge < -0.3 is 0 Å². The molecule has 76 valence electrons. The smallest absolute Gasteiger partial charge is 0.212 e. The van der Waals surface area contributed by atoms with E-state index < -0.39 is 9.05 Å². The first-order valence-corrected chi connectivity index (χ1v) is 7.71. The van der Waals surface area contributed by atoms with Crippen LogP contribution < -0.4 is 0 Å². The lowest BCUT2D eigenvalue weighted by atomic mass is 10.1. The molecule has 1 rings (SSSR count). The van der Waals surface area contributed by atoms with Crippen LogP contribution in [0.1, 0.15) is 19.3 Å². The molecule has 1 atom stereocenters. The third-order valence-electron chi connectivity index (χ3n) is 1.92. The van der Waals surface area contributed by atoms with Gasteiger partial charge in [0.15, 0.2) is 0 Å². The zero-order valence-electron chi connectivity index (χ0n) is 7.33. The van der Waals surface area contributed by atoms with E-state index in [0.717, 1.165) is 12.0 Å². The fourth-order valence-corrected chi connectivity index (χ4v) is 3.85. The van der Waals surface area contributed by atoms with Crippen LogP contribution in [0.2, 0.25) is 0 Å². The Morgan fingerprint density at radius 1 is 1.62 bits per heavy atom. The largest absolute Gasteiger partial charge is 0.236 e. The average molecular weight is 241 g/mol. The van der Waals surface area contributed by atoms with E-state index in [2.05, 4.69) is 6.58 Å². The Balaban J connectivity index is 2.33. The van der Waals surface area contributed by atoms with Crippen molar-refractivity contribution in [3.8, 4) is 0 Å². The second kappa shape index (κ2) is 4.71. The minimum absolute atomic E-state index is 0.0778. The topological polar surface area (TPSA) is 34.1 Å². The summed E-state index contributed by atoms with van der Waals surface area (Å²) in [6.45, 7) is 3.73. The maximum absolute atomic E-state index is 10.7. The van der Waals surface area contributed by atoms with Gasteiger partial charge in [0.25, 0.3) is 0 Å². The van der Waals surface area contributed by atoms with Crippen LogP contribution in [-0.4, -0.2) is 25.2 Å². The van der Waals surface area contributed by atoms with Crippen LogP contribution in [0.5, 0.6) is 0 Å². The average Bonchev–Trinajstić information content (AvgIpc) is 2.34. The predicted molar refractivity (Wildman–Crippen MR) is 58.9 cm³/mol. The summed E-state index contributed by atoms with van der Waals surface area (Å²) in [7, 11) is 1.72. The summed E-state index contributed by atoms with van der Waals surface area (Å²) in [6.07, 6.45) is 3.19. The van der Waals surface area contributed by atoms with Crippen LogP contribution in [0.3, 0.4) is 0 Å². The monoisotopic (exact) mass is 240 g/mol. The minimum Gasteiger partial charge on any atom is -0.212 e. The normalized spacial score (nSPS) is 23.3. The fraction of sp³-hybridized carbons (Fsp3) is 0.750. The van der Waals surface area contributed by atoms with E-state index in [1.165, 1.54) is 18.6 Å². The first kappa shape index (κ1) is 11.4. The SMILES string of the molecule is C=C(CC1CCCS1)CS(=O)(=O)Cl. The first-order chi connectivity index (χ1) is 5.97. The summed E-state index contributed by atoms with van der Waals surface area (Å²) in [4.78, 5) is 0. The number of rotatable bonds is 4. The standard InChI is InChI=1S/C8H13ClO2S2/c1-7(6-13(9,10)11)5-8-3-2-4-12-8/h8H,1-6H2. The van der Waals surface area contributed by atoms with Crippen LogP contribution in [0.15, 0.2) is 12.2 Å². The molecule has 1 fully saturated rings. The summed E-state index contributed by atoms with van der Waals surface area (Å²) >= 11 is 1.90. The molecule has 0 aromatic heterocycles. The summed E-state index contributed by atoms with van der Waals surface area (Å²) in [5.41, 5.74) is 0.731. The summed E-state index contributed by atoms with van der Waals surface area (Å²) in [6, 6.07) is 0.